The van der Waals surface area contributed by atoms with E-state index in [-0.39, 0.29) is 6.04 Å². The molecule has 0 aliphatic heterocycles. The number of hydrogen-bond acceptors (Lipinski definition) is 3. The Morgan fingerprint density at radius 1 is 1.44 bits per heavy atom. The maximum absolute atomic E-state index is 12.0. The molecule has 0 radical (unpaired) electrons. The van der Waals surface area contributed by atoms with Crippen molar-refractivity contribution < 1.29 is 8.42 Å². The molecule has 1 aliphatic rings. The zero-order chi connectivity index (χ0) is 13.2. The Balaban J connectivity index is 1.99. The van der Waals surface area contributed by atoms with Gasteiger partial charge in [0.05, 0.1) is 4.90 Å². The van der Waals surface area contributed by atoms with Crippen LogP contribution in [0, 0.1) is 0 Å². The van der Waals surface area contributed by atoms with Gasteiger partial charge < -0.3 is 10.3 Å². The van der Waals surface area contributed by atoms with Gasteiger partial charge in [0.25, 0.3) is 0 Å². The highest BCUT2D eigenvalue weighted by molar-refractivity contribution is 7.89. The van der Waals surface area contributed by atoms with Crippen molar-refractivity contribution in [1.82, 2.24) is 15.0 Å². The van der Waals surface area contributed by atoms with E-state index in [1.165, 1.54) is 0 Å². The quantitative estimate of drug-likeness (QED) is 0.731. The predicted molar refractivity (Wildman–Crippen MR) is 70.7 cm³/mol. The number of rotatable bonds is 6. The van der Waals surface area contributed by atoms with Crippen LogP contribution in [0.2, 0.25) is 0 Å². The van der Waals surface area contributed by atoms with Crippen molar-refractivity contribution >= 4 is 10.0 Å². The van der Waals surface area contributed by atoms with Crippen molar-refractivity contribution in [3.63, 3.8) is 0 Å². The Bertz CT molecular complexity index is 489. The molecule has 1 fully saturated rings. The summed E-state index contributed by atoms with van der Waals surface area (Å²) in [4.78, 5) is 3.32. The topological polar surface area (TPSA) is 74.0 Å². The van der Waals surface area contributed by atoms with Gasteiger partial charge in [0.2, 0.25) is 10.0 Å². The molecule has 5 nitrogen and oxygen atoms in total. The summed E-state index contributed by atoms with van der Waals surface area (Å²) in [6.07, 6.45) is 4.57. The minimum atomic E-state index is -3.35. The highest BCUT2D eigenvalue weighted by Gasteiger charge is 2.25. The van der Waals surface area contributed by atoms with Crippen LogP contribution < -0.4 is 10.0 Å². The van der Waals surface area contributed by atoms with Crippen LogP contribution in [-0.4, -0.2) is 25.5 Å². The van der Waals surface area contributed by atoms with E-state index in [2.05, 4.69) is 28.9 Å². The first-order chi connectivity index (χ1) is 8.47. The predicted octanol–water partition coefficient (Wildman–Crippen LogP) is 1.34. The Kier molecular flexibility index (Phi) is 4.09. The van der Waals surface area contributed by atoms with E-state index in [0.717, 1.165) is 25.0 Å². The summed E-state index contributed by atoms with van der Waals surface area (Å²) in [5, 5.41) is 3.24. The molecule has 0 spiro atoms. The standard InChI is InChI=1S/C12H21N3O2S/c1-9(2)13-7-11-6-12(8-14-11)18(16,17)15-10-4-3-5-10/h6,8-10,13-15H,3-5,7H2,1-2H3. The van der Waals surface area contributed by atoms with Gasteiger partial charge in [-0.1, -0.05) is 20.3 Å². The van der Waals surface area contributed by atoms with Crippen molar-refractivity contribution in [3.05, 3.63) is 18.0 Å². The molecule has 1 aromatic rings. The molecule has 0 aromatic carbocycles. The summed E-state index contributed by atoms with van der Waals surface area (Å²) in [7, 11) is -3.35. The first-order valence-electron chi connectivity index (χ1n) is 6.40. The van der Waals surface area contributed by atoms with Gasteiger partial charge in [0.1, 0.15) is 0 Å². The molecule has 0 unspecified atom stereocenters. The van der Waals surface area contributed by atoms with E-state index in [9.17, 15) is 8.42 Å². The van der Waals surface area contributed by atoms with Gasteiger partial charge in [0, 0.05) is 30.5 Å². The summed E-state index contributed by atoms with van der Waals surface area (Å²) in [6.45, 7) is 4.76. The number of nitrogens with one attached hydrogen (secondary N) is 3. The fourth-order valence-electron chi connectivity index (χ4n) is 1.80. The van der Waals surface area contributed by atoms with Crippen LogP contribution in [0.1, 0.15) is 38.8 Å². The van der Waals surface area contributed by atoms with Crippen LogP contribution in [0.4, 0.5) is 0 Å². The number of H-pyrrole nitrogens is 1. The van der Waals surface area contributed by atoms with Crippen LogP contribution >= 0.6 is 0 Å². The number of hydrogen-bond donors (Lipinski definition) is 3. The molecule has 1 aliphatic carbocycles. The summed E-state index contributed by atoms with van der Waals surface area (Å²) in [6, 6.07) is 2.19. The van der Waals surface area contributed by atoms with Gasteiger partial charge >= 0.3 is 0 Å². The zero-order valence-corrected chi connectivity index (χ0v) is 11.7. The molecule has 18 heavy (non-hydrogen) atoms. The van der Waals surface area contributed by atoms with Gasteiger partial charge in [-0.3, -0.25) is 0 Å². The molecule has 0 bridgehead atoms. The van der Waals surface area contributed by atoms with Gasteiger partial charge in [-0.05, 0) is 18.9 Å². The average molecular weight is 271 g/mol. The number of aromatic nitrogens is 1. The first kappa shape index (κ1) is 13.6. The highest BCUT2D eigenvalue weighted by atomic mass is 32.2. The first-order valence-corrected chi connectivity index (χ1v) is 7.89. The molecule has 6 heteroatoms. The Morgan fingerprint density at radius 2 is 2.17 bits per heavy atom. The summed E-state index contributed by atoms with van der Waals surface area (Å²) < 4.78 is 26.8. The largest absolute Gasteiger partial charge is 0.363 e. The molecule has 1 aromatic heterocycles. The molecular weight excluding hydrogens is 250 g/mol. The number of aromatic amines is 1. The molecule has 102 valence electrons. The minimum Gasteiger partial charge on any atom is -0.363 e. The summed E-state index contributed by atoms with van der Waals surface area (Å²) in [5.41, 5.74) is 0.887. The Labute approximate surface area is 108 Å². The highest BCUT2D eigenvalue weighted by Crippen LogP contribution is 2.21. The fraction of sp³-hybridized carbons (Fsp3) is 0.667. The van der Waals surface area contributed by atoms with E-state index in [1.807, 2.05) is 0 Å². The van der Waals surface area contributed by atoms with Gasteiger partial charge in [0.15, 0.2) is 0 Å². The lowest BCUT2D eigenvalue weighted by atomic mass is 9.94. The second-order valence-corrected chi connectivity index (χ2v) is 6.86. The normalized spacial score (nSPS) is 17.1. The molecule has 2 rings (SSSR count). The van der Waals surface area contributed by atoms with E-state index < -0.39 is 10.0 Å². The van der Waals surface area contributed by atoms with Gasteiger partial charge in [-0.2, -0.15) is 0 Å². The van der Waals surface area contributed by atoms with Crippen LogP contribution in [0.15, 0.2) is 17.2 Å². The lowest BCUT2D eigenvalue weighted by Gasteiger charge is -2.25. The average Bonchev–Trinajstić information content (AvgIpc) is 2.70. The second kappa shape index (κ2) is 5.42. The van der Waals surface area contributed by atoms with E-state index in [1.54, 1.807) is 12.3 Å². The van der Waals surface area contributed by atoms with E-state index in [4.69, 9.17) is 0 Å². The Hall–Kier alpha value is -0.850. The fourth-order valence-corrected chi connectivity index (χ4v) is 3.13. The van der Waals surface area contributed by atoms with Crippen molar-refractivity contribution in [3.8, 4) is 0 Å². The number of sulfonamides is 1. The molecule has 3 N–H and O–H groups in total. The minimum absolute atomic E-state index is 0.127. The third-order valence-corrected chi connectivity index (χ3v) is 4.65. The zero-order valence-electron chi connectivity index (χ0n) is 10.9. The molecule has 0 atom stereocenters. The van der Waals surface area contributed by atoms with Crippen LogP contribution in [0.5, 0.6) is 0 Å². The van der Waals surface area contributed by atoms with E-state index in [0.29, 0.717) is 17.5 Å². The maximum atomic E-state index is 12.0. The smallest absolute Gasteiger partial charge is 0.242 e. The molecule has 0 saturated heterocycles. The molecule has 1 heterocycles. The van der Waals surface area contributed by atoms with Crippen molar-refractivity contribution in [1.29, 1.82) is 0 Å². The lowest BCUT2D eigenvalue weighted by molar-refractivity contribution is 0.383. The maximum Gasteiger partial charge on any atom is 0.242 e. The van der Waals surface area contributed by atoms with Crippen molar-refractivity contribution in [2.45, 2.75) is 56.6 Å². The molecule has 1 saturated carbocycles. The van der Waals surface area contributed by atoms with E-state index >= 15 is 0 Å². The summed E-state index contributed by atoms with van der Waals surface area (Å²) in [5.74, 6) is 0. The summed E-state index contributed by atoms with van der Waals surface area (Å²) >= 11 is 0. The molecular formula is C12H21N3O2S. The van der Waals surface area contributed by atoms with Crippen LogP contribution in [0.3, 0.4) is 0 Å². The van der Waals surface area contributed by atoms with Crippen molar-refractivity contribution in [2.24, 2.45) is 0 Å². The third kappa shape index (κ3) is 3.34. The second-order valence-electron chi connectivity index (χ2n) is 5.15. The molecule has 0 amide bonds. The van der Waals surface area contributed by atoms with Crippen molar-refractivity contribution in [2.75, 3.05) is 0 Å². The van der Waals surface area contributed by atoms with Crippen LogP contribution in [-0.2, 0) is 16.6 Å². The third-order valence-electron chi connectivity index (χ3n) is 3.15. The van der Waals surface area contributed by atoms with Crippen LogP contribution in [0.25, 0.3) is 0 Å². The van der Waals surface area contributed by atoms with Gasteiger partial charge in [-0.25, -0.2) is 13.1 Å². The monoisotopic (exact) mass is 271 g/mol. The Morgan fingerprint density at radius 3 is 2.72 bits per heavy atom. The van der Waals surface area contributed by atoms with Gasteiger partial charge in [-0.15, -0.1) is 0 Å². The lowest BCUT2D eigenvalue weighted by Crippen LogP contribution is -2.39. The SMILES string of the molecule is CC(C)NCc1cc(S(=O)(=O)NC2CCC2)c[nH]1.